The number of benzene rings is 2. The molecule has 0 spiro atoms. The molecule has 0 atom stereocenters. The summed E-state index contributed by atoms with van der Waals surface area (Å²) >= 11 is 3.17. The molecule has 0 radical (unpaired) electrons. The van der Waals surface area contributed by atoms with Crippen LogP contribution in [0.4, 0.5) is 70.2 Å². The lowest BCUT2D eigenvalue weighted by molar-refractivity contribution is -0.453. The molecule has 0 N–H and O–H groups in total. The van der Waals surface area contributed by atoms with Crippen molar-refractivity contribution < 1.29 is 70.2 Å². The molecule has 2 aromatic rings. The molecule has 18 heteroatoms. The average molecular weight is 834 g/mol. The van der Waals surface area contributed by atoms with Crippen LogP contribution in [0.5, 0.6) is 0 Å². The molecule has 0 heterocycles. The Morgan fingerprint density at radius 1 is 0.350 bits per heavy atom. The van der Waals surface area contributed by atoms with Crippen molar-refractivity contribution in [3.63, 3.8) is 0 Å². The number of alkyl halides is 16. The first-order valence-corrected chi connectivity index (χ1v) is 12.4. The molecule has 0 saturated heterocycles. The normalized spacial score (nSPS) is 14.9. The van der Waals surface area contributed by atoms with Crippen molar-refractivity contribution in [3.8, 4) is 0 Å². The molecule has 226 valence electrons. The highest BCUT2D eigenvalue weighted by Gasteiger charge is 2.94. The molecule has 40 heavy (non-hydrogen) atoms. The minimum atomic E-state index is -8.43. The molecular formula is C22H12F16I2. The first-order chi connectivity index (χ1) is 17.7. The maximum absolute atomic E-state index is 14.1. The van der Waals surface area contributed by atoms with Gasteiger partial charge in [-0.15, -0.1) is 0 Å². The molecule has 2 aromatic carbocycles. The molecule has 0 bridgehead atoms. The van der Waals surface area contributed by atoms with E-state index in [1.807, 2.05) is 0 Å². The molecule has 0 fully saturated rings. The second-order valence-electron chi connectivity index (χ2n) is 8.46. The maximum Gasteiger partial charge on any atom is 0.384 e. The van der Waals surface area contributed by atoms with Crippen molar-refractivity contribution in [3.05, 3.63) is 66.8 Å². The highest BCUT2D eigenvalue weighted by molar-refractivity contribution is 14.1. The highest BCUT2D eigenvalue weighted by atomic mass is 127. The standard InChI is InChI=1S/C22H12F16I2/c23-15(24,9-11-1-5-13(39)6-2-11)17(27,28)19(31,32)21(35,36)22(37,38)20(33,34)18(29,30)16(25,26)10-12-3-7-14(40)8-4-12/h1-8H,9-10H2. The molecule has 0 saturated carbocycles. The van der Waals surface area contributed by atoms with Gasteiger partial charge in [0.25, 0.3) is 0 Å². The van der Waals surface area contributed by atoms with Crippen molar-refractivity contribution in [2.75, 3.05) is 0 Å². The van der Waals surface area contributed by atoms with E-state index >= 15 is 0 Å². The zero-order valence-electron chi connectivity index (χ0n) is 18.8. The van der Waals surface area contributed by atoms with Gasteiger partial charge in [-0.2, -0.15) is 70.2 Å². The Morgan fingerprint density at radius 3 is 0.775 bits per heavy atom. The van der Waals surface area contributed by atoms with Crippen molar-refractivity contribution in [2.45, 2.75) is 60.2 Å². The van der Waals surface area contributed by atoms with Gasteiger partial charge in [-0.05, 0) is 80.6 Å². The van der Waals surface area contributed by atoms with Crippen LogP contribution in [0.25, 0.3) is 0 Å². The van der Waals surface area contributed by atoms with E-state index in [-0.39, 0.29) is 7.14 Å². The van der Waals surface area contributed by atoms with E-state index in [4.69, 9.17) is 0 Å². The zero-order chi connectivity index (χ0) is 31.4. The lowest BCUT2D eigenvalue weighted by Gasteiger charge is -2.43. The lowest BCUT2D eigenvalue weighted by Crippen LogP contribution is -2.75. The van der Waals surface area contributed by atoms with Gasteiger partial charge in [0.05, 0.1) is 0 Å². The number of hydrogen-bond donors (Lipinski definition) is 0. The molecule has 0 aliphatic heterocycles. The van der Waals surface area contributed by atoms with Gasteiger partial charge in [0.1, 0.15) is 0 Å². The third-order valence-corrected chi connectivity index (χ3v) is 7.01. The van der Waals surface area contributed by atoms with E-state index in [0.717, 1.165) is 24.3 Å². The summed E-state index contributed by atoms with van der Waals surface area (Å²) in [4.78, 5) is 0. The number of hydrogen-bond acceptors (Lipinski definition) is 0. The second-order valence-corrected chi connectivity index (χ2v) is 11.0. The minimum absolute atomic E-state index is 0.287. The van der Waals surface area contributed by atoms with Crippen LogP contribution >= 0.6 is 45.2 Å². The van der Waals surface area contributed by atoms with Gasteiger partial charge in [-0.25, -0.2) is 0 Å². The molecule has 0 nitrogen and oxygen atoms in total. The van der Waals surface area contributed by atoms with E-state index in [1.165, 1.54) is 0 Å². The summed E-state index contributed by atoms with van der Waals surface area (Å²) < 4.78 is 226. The Bertz CT molecular complexity index is 1080. The van der Waals surface area contributed by atoms with Gasteiger partial charge in [-0.1, -0.05) is 24.3 Å². The van der Waals surface area contributed by atoms with E-state index in [9.17, 15) is 70.2 Å². The Balaban J connectivity index is 2.52. The van der Waals surface area contributed by atoms with E-state index < -0.39 is 71.3 Å². The smallest absolute Gasteiger partial charge is 0.199 e. The van der Waals surface area contributed by atoms with Crippen molar-refractivity contribution in [1.82, 2.24) is 0 Å². The average Bonchev–Trinajstić information content (AvgIpc) is 2.80. The van der Waals surface area contributed by atoms with Crippen LogP contribution in [-0.2, 0) is 12.8 Å². The van der Waals surface area contributed by atoms with Gasteiger partial charge in [0.15, 0.2) is 0 Å². The third kappa shape index (κ3) is 5.59. The summed E-state index contributed by atoms with van der Waals surface area (Å²) in [7, 11) is 0. The Kier molecular flexibility index (Phi) is 9.45. The zero-order valence-corrected chi connectivity index (χ0v) is 23.2. The highest BCUT2D eigenvalue weighted by Crippen LogP contribution is 2.64. The Hall–Kier alpha value is -1.22. The van der Waals surface area contributed by atoms with E-state index in [1.54, 1.807) is 45.2 Å². The fourth-order valence-electron chi connectivity index (χ4n) is 3.19. The first-order valence-electron chi connectivity index (χ1n) is 10.2. The van der Waals surface area contributed by atoms with Gasteiger partial charge < -0.3 is 0 Å². The largest absolute Gasteiger partial charge is 0.384 e. The van der Waals surface area contributed by atoms with Crippen LogP contribution in [0, 0.1) is 7.14 Å². The maximum atomic E-state index is 14.1. The number of rotatable bonds is 11. The predicted molar refractivity (Wildman–Crippen MR) is 125 cm³/mol. The molecule has 2 rings (SSSR count). The monoisotopic (exact) mass is 834 g/mol. The molecule has 0 aliphatic rings. The summed E-state index contributed by atoms with van der Waals surface area (Å²) in [5.41, 5.74) is -1.86. The van der Waals surface area contributed by atoms with Gasteiger partial charge >= 0.3 is 47.4 Å². The van der Waals surface area contributed by atoms with E-state index in [2.05, 4.69) is 0 Å². The first kappa shape index (κ1) is 35.0. The van der Waals surface area contributed by atoms with Crippen LogP contribution in [0.15, 0.2) is 48.5 Å². The van der Waals surface area contributed by atoms with E-state index in [0.29, 0.717) is 24.3 Å². The lowest BCUT2D eigenvalue weighted by atomic mass is 9.85. The van der Waals surface area contributed by atoms with Crippen LogP contribution in [0.1, 0.15) is 11.1 Å². The Labute approximate surface area is 241 Å². The quantitative estimate of drug-likeness (QED) is 0.156. The van der Waals surface area contributed by atoms with Crippen LogP contribution < -0.4 is 0 Å². The number of halogens is 18. The molecule has 0 unspecified atom stereocenters. The van der Waals surface area contributed by atoms with Crippen LogP contribution in [0.3, 0.4) is 0 Å². The van der Waals surface area contributed by atoms with Crippen molar-refractivity contribution >= 4 is 45.2 Å². The minimum Gasteiger partial charge on any atom is -0.199 e. The summed E-state index contributed by atoms with van der Waals surface area (Å²) in [6.45, 7) is 0. The van der Waals surface area contributed by atoms with Crippen molar-refractivity contribution in [2.24, 2.45) is 0 Å². The molecular weight excluding hydrogens is 822 g/mol. The summed E-state index contributed by atoms with van der Waals surface area (Å²) in [5, 5.41) is 0. The summed E-state index contributed by atoms with van der Waals surface area (Å²) in [6.07, 6.45) is -5.04. The summed E-state index contributed by atoms with van der Waals surface area (Å²) in [6, 6.07) is 6.35. The third-order valence-electron chi connectivity index (χ3n) is 5.57. The van der Waals surface area contributed by atoms with Crippen molar-refractivity contribution in [1.29, 1.82) is 0 Å². The van der Waals surface area contributed by atoms with Gasteiger partial charge in [-0.3, -0.25) is 0 Å². The second kappa shape index (κ2) is 10.8. The van der Waals surface area contributed by atoms with Gasteiger partial charge in [0.2, 0.25) is 0 Å². The fourth-order valence-corrected chi connectivity index (χ4v) is 3.91. The molecule has 0 aliphatic carbocycles. The van der Waals surface area contributed by atoms with Gasteiger partial charge in [0, 0.05) is 20.0 Å². The topological polar surface area (TPSA) is 0 Å². The predicted octanol–water partition coefficient (Wildman–Crippen LogP) is 9.76. The fraction of sp³-hybridized carbons (Fsp3) is 0.455. The molecule has 0 amide bonds. The summed E-state index contributed by atoms with van der Waals surface area (Å²) in [5.74, 6) is -61.1. The van der Waals surface area contributed by atoms with Crippen LogP contribution in [0.2, 0.25) is 0 Å². The van der Waals surface area contributed by atoms with Crippen LogP contribution in [-0.4, -0.2) is 47.4 Å². The SMILES string of the molecule is FC(F)(Cc1ccc(I)cc1)C(F)(F)C(F)(F)C(F)(F)C(F)(F)C(F)(F)C(F)(F)C(F)(F)Cc1ccc(I)cc1. The Morgan fingerprint density at radius 2 is 0.550 bits per heavy atom. The molecule has 0 aromatic heterocycles.